The van der Waals surface area contributed by atoms with Crippen molar-refractivity contribution in [1.29, 1.82) is 0 Å². The van der Waals surface area contributed by atoms with Crippen LogP contribution in [-0.4, -0.2) is 32.8 Å². The van der Waals surface area contributed by atoms with Crippen molar-refractivity contribution >= 4 is 5.82 Å². The molecule has 1 saturated carbocycles. The zero-order chi connectivity index (χ0) is 18.2. The Hall–Kier alpha value is -2.24. The van der Waals surface area contributed by atoms with E-state index in [1.54, 1.807) is 17.1 Å². The molecule has 2 fully saturated rings. The summed E-state index contributed by atoms with van der Waals surface area (Å²) < 4.78 is 1.71. The number of nitrogens with zero attached hydrogens (tertiary/aromatic N) is 5. The number of aromatic nitrogens is 4. The minimum absolute atomic E-state index is 0.0340. The highest BCUT2D eigenvalue weighted by atomic mass is 16.1. The fraction of sp³-hybridized carbons (Fsp3) is 0.619. The molecule has 0 aromatic carbocycles. The summed E-state index contributed by atoms with van der Waals surface area (Å²) in [6.07, 6.45) is 11.0. The lowest BCUT2D eigenvalue weighted by molar-refractivity contribution is 0.332. The zero-order valence-corrected chi connectivity index (χ0v) is 15.8. The van der Waals surface area contributed by atoms with Crippen LogP contribution in [0.2, 0.25) is 0 Å². The number of fused-ring (bicyclic) bond motifs is 1. The molecule has 0 spiro atoms. The number of rotatable bonds is 4. The molecule has 1 aliphatic heterocycles. The fourth-order valence-corrected chi connectivity index (χ4v) is 4.54. The van der Waals surface area contributed by atoms with Crippen LogP contribution in [0.15, 0.2) is 23.3 Å². The Labute approximate surface area is 159 Å². The maximum Gasteiger partial charge on any atom is 0.266 e. The highest BCUT2D eigenvalue weighted by molar-refractivity contribution is 5.49. The van der Waals surface area contributed by atoms with Crippen LogP contribution < -0.4 is 10.5 Å². The van der Waals surface area contributed by atoms with Crippen LogP contribution in [0.1, 0.15) is 61.4 Å². The Balaban J connectivity index is 1.26. The molecule has 2 aromatic heterocycles. The smallest absolute Gasteiger partial charge is 0.266 e. The van der Waals surface area contributed by atoms with Gasteiger partial charge in [-0.3, -0.25) is 4.79 Å². The SMILES string of the molecule is O=c1ccc(C2CC2)nn1CC1CCN(c2ncnc3c2CCCC3)CC1. The molecular weight excluding hydrogens is 338 g/mol. The number of hydrogen-bond donors (Lipinski definition) is 0. The lowest BCUT2D eigenvalue weighted by atomic mass is 9.93. The average Bonchev–Trinajstić information content (AvgIpc) is 3.55. The summed E-state index contributed by atoms with van der Waals surface area (Å²) in [5.74, 6) is 2.25. The Morgan fingerprint density at radius 3 is 2.63 bits per heavy atom. The van der Waals surface area contributed by atoms with Crippen LogP contribution >= 0.6 is 0 Å². The summed E-state index contributed by atoms with van der Waals surface area (Å²) in [5, 5.41) is 4.63. The summed E-state index contributed by atoms with van der Waals surface area (Å²) >= 11 is 0. The van der Waals surface area contributed by atoms with Crippen LogP contribution in [0, 0.1) is 5.92 Å². The fourth-order valence-electron chi connectivity index (χ4n) is 4.54. The third kappa shape index (κ3) is 3.49. The highest BCUT2D eigenvalue weighted by Crippen LogP contribution is 2.38. The lowest BCUT2D eigenvalue weighted by Crippen LogP contribution is -2.38. The molecule has 0 amide bonds. The molecule has 3 aliphatic rings. The quantitative estimate of drug-likeness (QED) is 0.834. The maximum atomic E-state index is 12.2. The predicted octanol–water partition coefficient (Wildman–Crippen LogP) is 2.71. The van der Waals surface area contributed by atoms with Crippen molar-refractivity contribution in [2.75, 3.05) is 18.0 Å². The molecule has 6 nitrogen and oxygen atoms in total. The molecule has 142 valence electrons. The molecule has 1 saturated heterocycles. The van der Waals surface area contributed by atoms with Crippen molar-refractivity contribution in [3.05, 3.63) is 45.8 Å². The lowest BCUT2D eigenvalue weighted by Gasteiger charge is -2.34. The molecule has 6 heteroatoms. The zero-order valence-electron chi connectivity index (χ0n) is 15.8. The van der Waals surface area contributed by atoms with Gasteiger partial charge in [0.2, 0.25) is 0 Å². The van der Waals surface area contributed by atoms with Gasteiger partial charge in [0.25, 0.3) is 5.56 Å². The van der Waals surface area contributed by atoms with E-state index in [9.17, 15) is 4.79 Å². The van der Waals surface area contributed by atoms with Crippen LogP contribution in [0.25, 0.3) is 0 Å². The predicted molar refractivity (Wildman–Crippen MR) is 104 cm³/mol. The van der Waals surface area contributed by atoms with E-state index in [4.69, 9.17) is 0 Å². The largest absolute Gasteiger partial charge is 0.356 e. The normalized spacial score (nSPS) is 20.5. The summed E-state index contributed by atoms with van der Waals surface area (Å²) in [6.45, 7) is 2.76. The van der Waals surface area contributed by atoms with E-state index in [0.29, 0.717) is 11.8 Å². The van der Waals surface area contributed by atoms with Crippen molar-refractivity contribution in [2.24, 2.45) is 5.92 Å². The van der Waals surface area contributed by atoms with Gasteiger partial charge in [0.05, 0.1) is 5.69 Å². The third-order valence-electron chi connectivity index (χ3n) is 6.33. The minimum atomic E-state index is 0.0340. The van der Waals surface area contributed by atoms with Crippen LogP contribution in [0.3, 0.4) is 0 Å². The van der Waals surface area contributed by atoms with E-state index >= 15 is 0 Å². The van der Waals surface area contributed by atoms with E-state index in [2.05, 4.69) is 20.0 Å². The molecular formula is C21H27N5O. The van der Waals surface area contributed by atoms with Gasteiger partial charge in [-0.25, -0.2) is 14.6 Å². The van der Waals surface area contributed by atoms with E-state index in [1.165, 1.54) is 36.9 Å². The van der Waals surface area contributed by atoms with Gasteiger partial charge in [-0.2, -0.15) is 5.10 Å². The Kier molecular flexibility index (Phi) is 4.42. The number of anilines is 1. The standard InChI is InChI=1S/C21H27N5O/c27-20-8-7-18(16-5-6-16)24-26(20)13-15-9-11-25(12-10-15)21-17-3-1-2-4-19(17)22-14-23-21/h7-8,14-16H,1-6,9-13H2. The van der Waals surface area contributed by atoms with Gasteiger partial charge >= 0.3 is 0 Å². The third-order valence-corrected chi connectivity index (χ3v) is 6.33. The van der Waals surface area contributed by atoms with Crippen molar-refractivity contribution < 1.29 is 0 Å². The molecule has 3 heterocycles. The first-order valence-electron chi connectivity index (χ1n) is 10.4. The molecule has 5 rings (SSSR count). The highest BCUT2D eigenvalue weighted by Gasteiger charge is 2.27. The summed E-state index contributed by atoms with van der Waals surface area (Å²) in [5.41, 5.74) is 3.75. The average molecular weight is 365 g/mol. The maximum absolute atomic E-state index is 12.2. The van der Waals surface area contributed by atoms with E-state index < -0.39 is 0 Å². The molecule has 2 aliphatic carbocycles. The van der Waals surface area contributed by atoms with Gasteiger partial charge in [0.1, 0.15) is 12.1 Å². The van der Waals surface area contributed by atoms with Crippen LogP contribution in [-0.2, 0) is 19.4 Å². The summed E-state index contributed by atoms with van der Waals surface area (Å²) in [4.78, 5) is 23.8. The van der Waals surface area contributed by atoms with Gasteiger partial charge in [-0.05, 0) is 63.4 Å². The second kappa shape index (κ2) is 7.06. The van der Waals surface area contributed by atoms with Crippen molar-refractivity contribution in [1.82, 2.24) is 19.7 Å². The van der Waals surface area contributed by atoms with Crippen molar-refractivity contribution in [3.63, 3.8) is 0 Å². The van der Waals surface area contributed by atoms with Gasteiger partial charge in [-0.1, -0.05) is 0 Å². The summed E-state index contributed by atoms with van der Waals surface area (Å²) in [6, 6.07) is 3.61. The Morgan fingerprint density at radius 2 is 1.81 bits per heavy atom. The Morgan fingerprint density at radius 1 is 1.00 bits per heavy atom. The minimum Gasteiger partial charge on any atom is -0.356 e. The first-order chi connectivity index (χ1) is 13.3. The topological polar surface area (TPSA) is 63.9 Å². The van der Waals surface area contributed by atoms with Crippen LogP contribution in [0.4, 0.5) is 5.82 Å². The first kappa shape index (κ1) is 16.9. The molecule has 0 radical (unpaired) electrons. The van der Waals surface area contributed by atoms with Crippen molar-refractivity contribution in [3.8, 4) is 0 Å². The molecule has 0 N–H and O–H groups in total. The van der Waals surface area contributed by atoms with Gasteiger partial charge in [-0.15, -0.1) is 0 Å². The van der Waals surface area contributed by atoms with Gasteiger partial charge < -0.3 is 4.90 Å². The van der Waals surface area contributed by atoms with Crippen molar-refractivity contribution in [2.45, 2.75) is 63.8 Å². The van der Waals surface area contributed by atoms with E-state index in [0.717, 1.165) is 56.8 Å². The first-order valence-corrected chi connectivity index (χ1v) is 10.4. The molecule has 0 atom stereocenters. The monoisotopic (exact) mass is 365 g/mol. The molecule has 27 heavy (non-hydrogen) atoms. The molecule has 0 unspecified atom stereocenters. The van der Waals surface area contributed by atoms with E-state index in [-0.39, 0.29) is 5.56 Å². The Bertz CT molecular complexity index is 880. The summed E-state index contributed by atoms with van der Waals surface area (Å²) in [7, 11) is 0. The van der Waals surface area contributed by atoms with Gasteiger partial charge in [0.15, 0.2) is 0 Å². The molecule has 2 aromatic rings. The second-order valence-corrected chi connectivity index (χ2v) is 8.31. The van der Waals surface area contributed by atoms with E-state index in [1.807, 2.05) is 6.07 Å². The number of piperidine rings is 1. The van der Waals surface area contributed by atoms with Crippen LogP contribution in [0.5, 0.6) is 0 Å². The second-order valence-electron chi connectivity index (χ2n) is 8.31. The number of aryl methyl sites for hydroxylation is 1. The number of hydrogen-bond acceptors (Lipinski definition) is 5. The molecule has 0 bridgehead atoms. The van der Waals surface area contributed by atoms with Gasteiger partial charge in [0, 0.05) is 42.9 Å².